The van der Waals surface area contributed by atoms with Crippen molar-refractivity contribution in [3.63, 3.8) is 0 Å². The number of nitrogens with zero attached hydrogens (tertiary/aromatic N) is 3. The largest absolute Gasteiger partial charge is 0.292 e. The van der Waals surface area contributed by atoms with Gasteiger partial charge in [0, 0.05) is 42.4 Å². The monoisotopic (exact) mass is 439 g/mol. The summed E-state index contributed by atoms with van der Waals surface area (Å²) in [5.74, 6) is 0.941. The molecule has 0 amide bonds. The molecule has 4 heterocycles. The van der Waals surface area contributed by atoms with E-state index in [1.165, 1.54) is 47.4 Å². The highest BCUT2D eigenvalue weighted by atomic mass is 32.1. The van der Waals surface area contributed by atoms with Crippen LogP contribution in [0.5, 0.6) is 0 Å². The molecule has 0 aliphatic carbocycles. The molecule has 0 bridgehead atoms. The van der Waals surface area contributed by atoms with Crippen LogP contribution in [-0.2, 0) is 0 Å². The van der Waals surface area contributed by atoms with Crippen LogP contribution in [0.1, 0.15) is 0 Å². The number of rotatable bonds is 1. The van der Waals surface area contributed by atoms with E-state index in [2.05, 4.69) is 112 Å². The van der Waals surface area contributed by atoms with Gasteiger partial charge in [-0.1, -0.05) is 60.7 Å². The molecular weight excluding hydrogens is 422 g/mol. The van der Waals surface area contributed by atoms with Crippen LogP contribution in [0.15, 0.2) is 103 Å². The molecule has 0 unspecified atom stereocenters. The smallest absolute Gasteiger partial charge is 0.160 e. The number of fused-ring (bicyclic) bond motifs is 9. The molecule has 33 heavy (non-hydrogen) atoms. The molecule has 0 fully saturated rings. The fourth-order valence-corrected chi connectivity index (χ4v) is 6.36. The van der Waals surface area contributed by atoms with Gasteiger partial charge < -0.3 is 0 Å². The first-order valence-corrected chi connectivity index (χ1v) is 11.9. The van der Waals surface area contributed by atoms with Crippen molar-refractivity contribution in [3.8, 4) is 5.82 Å². The zero-order chi connectivity index (χ0) is 21.5. The molecule has 154 valence electrons. The van der Waals surface area contributed by atoms with Gasteiger partial charge >= 0.3 is 0 Å². The van der Waals surface area contributed by atoms with Crippen LogP contribution in [0, 0.1) is 0 Å². The molecule has 0 saturated heterocycles. The van der Waals surface area contributed by atoms with Crippen LogP contribution in [0.2, 0.25) is 0 Å². The number of pyridine rings is 1. The second-order valence-corrected chi connectivity index (χ2v) is 9.63. The lowest BCUT2D eigenvalue weighted by atomic mass is 10.1. The van der Waals surface area contributed by atoms with Crippen LogP contribution in [0.4, 0.5) is 0 Å². The Labute approximate surface area is 192 Å². The fourth-order valence-electron chi connectivity index (χ4n) is 5.23. The Morgan fingerprint density at radius 1 is 0.545 bits per heavy atom. The Kier molecular flexibility index (Phi) is 3.28. The maximum Gasteiger partial charge on any atom is 0.160 e. The molecule has 0 aliphatic rings. The average molecular weight is 440 g/mol. The third-order valence-corrected chi connectivity index (χ3v) is 7.86. The second-order valence-electron chi connectivity index (χ2n) is 8.55. The van der Waals surface area contributed by atoms with Crippen molar-refractivity contribution in [2.45, 2.75) is 0 Å². The Bertz CT molecular complexity index is 2040. The topological polar surface area (TPSA) is 22.2 Å². The zero-order valence-corrected chi connectivity index (χ0v) is 18.4. The number of para-hydroxylation sites is 2. The van der Waals surface area contributed by atoms with Gasteiger partial charge in [0.05, 0.1) is 22.1 Å². The van der Waals surface area contributed by atoms with Gasteiger partial charge in [-0.3, -0.25) is 4.57 Å². The van der Waals surface area contributed by atoms with Crippen LogP contribution in [0.25, 0.3) is 64.2 Å². The number of hydrogen-bond donors (Lipinski definition) is 0. The van der Waals surface area contributed by atoms with Crippen molar-refractivity contribution in [3.05, 3.63) is 103 Å². The van der Waals surface area contributed by atoms with Crippen LogP contribution < -0.4 is 0 Å². The Hall–Kier alpha value is -4.15. The van der Waals surface area contributed by atoms with E-state index in [0.29, 0.717) is 0 Å². The summed E-state index contributed by atoms with van der Waals surface area (Å²) in [6.45, 7) is 0. The van der Waals surface area contributed by atoms with Crippen molar-refractivity contribution >= 4 is 69.7 Å². The molecular formula is C29H17N3S. The average Bonchev–Trinajstić information content (AvgIpc) is 3.54. The number of aromatic nitrogens is 3. The summed E-state index contributed by atoms with van der Waals surface area (Å²) in [5.41, 5.74) is 4.59. The Morgan fingerprint density at radius 3 is 2.27 bits per heavy atom. The molecule has 8 aromatic rings. The summed E-state index contributed by atoms with van der Waals surface area (Å²) in [4.78, 5) is 0. The van der Waals surface area contributed by atoms with Crippen molar-refractivity contribution in [1.29, 1.82) is 0 Å². The molecule has 8 rings (SSSR count). The van der Waals surface area contributed by atoms with Gasteiger partial charge in [-0.15, -0.1) is 16.4 Å². The minimum atomic E-state index is 0.941. The third kappa shape index (κ3) is 2.31. The van der Waals surface area contributed by atoms with Gasteiger partial charge in [0.1, 0.15) is 0 Å². The van der Waals surface area contributed by atoms with E-state index in [1.807, 2.05) is 11.3 Å². The summed E-state index contributed by atoms with van der Waals surface area (Å²) in [6.07, 6.45) is 0. The van der Waals surface area contributed by atoms with Crippen LogP contribution in [-0.4, -0.2) is 14.2 Å². The highest BCUT2D eigenvalue weighted by molar-refractivity contribution is 7.25. The van der Waals surface area contributed by atoms with E-state index in [4.69, 9.17) is 5.10 Å². The van der Waals surface area contributed by atoms with Gasteiger partial charge in [-0.2, -0.15) is 0 Å². The van der Waals surface area contributed by atoms with Gasteiger partial charge in [0.25, 0.3) is 0 Å². The van der Waals surface area contributed by atoms with E-state index in [1.54, 1.807) is 0 Å². The zero-order valence-electron chi connectivity index (χ0n) is 17.6. The lowest BCUT2D eigenvalue weighted by Gasteiger charge is -2.04. The summed E-state index contributed by atoms with van der Waals surface area (Å²) in [7, 11) is 0. The molecule has 3 nitrogen and oxygen atoms in total. The predicted octanol–water partition coefficient (Wildman–Crippen LogP) is 7.95. The van der Waals surface area contributed by atoms with Crippen LogP contribution >= 0.6 is 11.3 Å². The predicted molar refractivity (Wildman–Crippen MR) is 140 cm³/mol. The lowest BCUT2D eigenvalue weighted by Crippen LogP contribution is -1.96. The minimum Gasteiger partial charge on any atom is -0.292 e. The normalized spacial score (nSPS) is 12.2. The first kappa shape index (κ1) is 17.4. The van der Waals surface area contributed by atoms with Crippen molar-refractivity contribution < 1.29 is 0 Å². The first-order chi connectivity index (χ1) is 16.3. The van der Waals surface area contributed by atoms with Gasteiger partial charge in [-0.05, 0) is 36.4 Å². The maximum absolute atomic E-state index is 5.10. The minimum absolute atomic E-state index is 0.941. The van der Waals surface area contributed by atoms with E-state index in [-0.39, 0.29) is 0 Å². The molecule has 0 atom stereocenters. The first-order valence-electron chi connectivity index (χ1n) is 11.1. The SMILES string of the molecule is c1ccc2c(c1)ccc1cc(-n3c4ccccc4c4cc5sc6ccccc6c5cc43)nn12. The van der Waals surface area contributed by atoms with Gasteiger partial charge in [0.15, 0.2) is 5.82 Å². The van der Waals surface area contributed by atoms with Gasteiger partial charge in [0.2, 0.25) is 0 Å². The van der Waals surface area contributed by atoms with E-state index in [0.717, 1.165) is 16.9 Å². The molecule has 0 saturated carbocycles. The molecule has 4 aromatic heterocycles. The highest BCUT2D eigenvalue weighted by Crippen LogP contribution is 2.40. The summed E-state index contributed by atoms with van der Waals surface area (Å²) < 4.78 is 7.03. The summed E-state index contributed by atoms with van der Waals surface area (Å²) >= 11 is 1.87. The fraction of sp³-hybridized carbons (Fsp3) is 0. The molecule has 0 N–H and O–H groups in total. The summed E-state index contributed by atoms with van der Waals surface area (Å²) in [6, 6.07) is 37.0. The second kappa shape index (κ2) is 6.21. The standard InChI is InChI=1S/C29H17N3S/c1-4-10-24-18(7-1)13-14-19-15-29(30-32(19)24)31-25-11-5-2-8-20(25)22-17-28-23(16-26(22)31)21-9-3-6-12-27(21)33-28/h1-17H. The van der Waals surface area contributed by atoms with Crippen LogP contribution in [0.3, 0.4) is 0 Å². The molecule has 4 heteroatoms. The van der Waals surface area contributed by atoms with E-state index < -0.39 is 0 Å². The van der Waals surface area contributed by atoms with Crippen molar-refractivity contribution in [2.24, 2.45) is 0 Å². The van der Waals surface area contributed by atoms with E-state index >= 15 is 0 Å². The van der Waals surface area contributed by atoms with Gasteiger partial charge in [-0.25, -0.2) is 4.52 Å². The Balaban J connectivity index is 1.53. The number of thiophene rings is 1. The van der Waals surface area contributed by atoms with Crippen molar-refractivity contribution in [1.82, 2.24) is 14.2 Å². The van der Waals surface area contributed by atoms with Crippen molar-refractivity contribution in [2.75, 3.05) is 0 Å². The maximum atomic E-state index is 5.10. The Morgan fingerprint density at radius 2 is 1.33 bits per heavy atom. The molecule has 4 aromatic carbocycles. The molecule has 0 spiro atoms. The third-order valence-electron chi connectivity index (χ3n) is 6.72. The number of benzene rings is 4. The highest BCUT2D eigenvalue weighted by Gasteiger charge is 2.17. The molecule has 0 radical (unpaired) electrons. The quantitative estimate of drug-likeness (QED) is 0.254. The van der Waals surface area contributed by atoms with E-state index in [9.17, 15) is 0 Å². The number of hydrogen-bond acceptors (Lipinski definition) is 2. The summed E-state index contributed by atoms with van der Waals surface area (Å²) in [5, 5.41) is 11.4. The lowest BCUT2D eigenvalue weighted by molar-refractivity contribution is 0.952. The molecule has 0 aliphatic heterocycles.